The molecule has 1 aromatic carbocycles. The molecule has 0 spiro atoms. The van der Waals surface area contributed by atoms with Gasteiger partial charge < -0.3 is 9.80 Å². The van der Waals surface area contributed by atoms with Crippen molar-refractivity contribution in [3.05, 3.63) is 65.7 Å². The second-order valence-electron chi connectivity index (χ2n) is 6.92. The first-order valence-corrected chi connectivity index (χ1v) is 9.13. The number of rotatable bonds is 7. The van der Waals surface area contributed by atoms with E-state index < -0.39 is 0 Å². The molecule has 0 fully saturated rings. The van der Waals surface area contributed by atoms with Crippen LogP contribution >= 0.6 is 0 Å². The Morgan fingerprint density at radius 2 is 1.86 bits per heavy atom. The lowest BCUT2D eigenvalue weighted by atomic mass is 10.1. The molecule has 0 unspecified atom stereocenters. The van der Waals surface area contributed by atoms with E-state index in [2.05, 4.69) is 15.2 Å². The molecule has 0 saturated carbocycles. The Morgan fingerprint density at radius 3 is 2.50 bits per heavy atom. The number of aryl methyl sites for hydroxylation is 1. The molecule has 146 valence electrons. The molecule has 0 atom stereocenters. The van der Waals surface area contributed by atoms with Crippen LogP contribution in [-0.2, 0) is 6.42 Å². The number of nitrogens with one attached hydrogen (secondary N) is 1. The number of hydrogen-bond donors (Lipinski definition) is 1. The molecule has 0 bridgehead atoms. The molecule has 0 aliphatic carbocycles. The minimum absolute atomic E-state index is 0.0468. The van der Waals surface area contributed by atoms with Gasteiger partial charge in [-0.3, -0.25) is 9.89 Å². The van der Waals surface area contributed by atoms with E-state index in [4.69, 9.17) is 0 Å². The first-order valence-electron chi connectivity index (χ1n) is 9.13. The number of carbonyl (C=O) groups excluding carboxylic acids is 1. The minimum atomic E-state index is -0.265. The van der Waals surface area contributed by atoms with Gasteiger partial charge in [-0.15, -0.1) is 0 Å². The zero-order valence-electron chi connectivity index (χ0n) is 16.3. The summed E-state index contributed by atoms with van der Waals surface area (Å²) in [5.74, 6) is 0.503. The van der Waals surface area contributed by atoms with Gasteiger partial charge in [0, 0.05) is 45.1 Å². The summed E-state index contributed by atoms with van der Waals surface area (Å²) in [6.07, 6.45) is 3.18. The molecule has 3 rings (SSSR count). The quantitative estimate of drug-likeness (QED) is 0.681. The first-order chi connectivity index (χ1) is 13.4. The average molecular weight is 381 g/mol. The van der Waals surface area contributed by atoms with Crippen LogP contribution in [0.25, 0.3) is 11.3 Å². The summed E-state index contributed by atoms with van der Waals surface area (Å²) >= 11 is 0. The standard InChI is InChI=1S/C21H24FN5O/c1-26(2)20-11-8-16(14-23-20)21(28)27(3)12-4-5-18-13-19(25-24-18)15-6-9-17(22)10-7-15/h6-11,13-14H,4-5,12H2,1-3H3,(H,24,25). The number of halogens is 1. The van der Waals surface area contributed by atoms with Crippen LogP contribution in [-0.4, -0.2) is 53.7 Å². The molecule has 1 amide bonds. The molecule has 0 saturated heterocycles. The molecule has 0 aliphatic rings. The number of nitrogens with zero attached hydrogens (tertiary/aromatic N) is 4. The van der Waals surface area contributed by atoms with Crippen molar-refractivity contribution in [3.63, 3.8) is 0 Å². The molecule has 3 aromatic rings. The van der Waals surface area contributed by atoms with E-state index in [0.29, 0.717) is 12.1 Å². The fourth-order valence-corrected chi connectivity index (χ4v) is 2.86. The maximum atomic E-state index is 13.0. The second-order valence-corrected chi connectivity index (χ2v) is 6.92. The highest BCUT2D eigenvalue weighted by atomic mass is 19.1. The van der Waals surface area contributed by atoms with E-state index in [9.17, 15) is 9.18 Å². The molecule has 1 N–H and O–H groups in total. The van der Waals surface area contributed by atoms with Gasteiger partial charge in [0.2, 0.25) is 0 Å². The fraction of sp³-hybridized carbons (Fsp3) is 0.286. The Morgan fingerprint density at radius 1 is 1.11 bits per heavy atom. The highest BCUT2D eigenvalue weighted by Crippen LogP contribution is 2.18. The zero-order chi connectivity index (χ0) is 20.1. The number of amides is 1. The van der Waals surface area contributed by atoms with Gasteiger partial charge in [0.05, 0.1) is 11.3 Å². The third-order valence-corrected chi connectivity index (χ3v) is 4.51. The normalized spacial score (nSPS) is 10.7. The number of aromatic amines is 1. The Labute approximate surface area is 164 Å². The number of H-pyrrole nitrogens is 1. The lowest BCUT2D eigenvalue weighted by molar-refractivity contribution is 0.0793. The fourth-order valence-electron chi connectivity index (χ4n) is 2.86. The number of anilines is 1. The summed E-state index contributed by atoms with van der Waals surface area (Å²) in [6.45, 7) is 0.624. The van der Waals surface area contributed by atoms with Crippen molar-refractivity contribution in [2.24, 2.45) is 0 Å². The predicted molar refractivity (Wildman–Crippen MR) is 108 cm³/mol. The third-order valence-electron chi connectivity index (χ3n) is 4.51. The average Bonchev–Trinajstić information content (AvgIpc) is 3.17. The molecule has 0 aliphatic heterocycles. The van der Waals surface area contributed by atoms with Crippen molar-refractivity contribution < 1.29 is 9.18 Å². The van der Waals surface area contributed by atoms with Crippen LogP contribution in [0.4, 0.5) is 10.2 Å². The SMILES string of the molecule is CN(CCCc1cc(-c2ccc(F)cc2)n[nH]1)C(=O)c1ccc(N(C)C)nc1. The van der Waals surface area contributed by atoms with Crippen molar-refractivity contribution in [2.45, 2.75) is 12.8 Å². The van der Waals surface area contributed by atoms with Gasteiger partial charge in [-0.05, 0) is 55.3 Å². The molecule has 28 heavy (non-hydrogen) atoms. The van der Waals surface area contributed by atoms with Gasteiger partial charge in [-0.2, -0.15) is 5.10 Å². The van der Waals surface area contributed by atoms with Crippen LogP contribution in [0.2, 0.25) is 0 Å². The second kappa shape index (κ2) is 8.65. The van der Waals surface area contributed by atoms with Crippen molar-refractivity contribution in [3.8, 4) is 11.3 Å². The summed E-state index contributed by atoms with van der Waals surface area (Å²) in [6, 6.07) is 11.8. The van der Waals surface area contributed by atoms with E-state index in [1.165, 1.54) is 12.1 Å². The molecule has 2 aromatic heterocycles. The van der Waals surface area contributed by atoms with Crippen molar-refractivity contribution in [1.82, 2.24) is 20.1 Å². The summed E-state index contributed by atoms with van der Waals surface area (Å²) in [5.41, 5.74) is 3.21. The van der Waals surface area contributed by atoms with Gasteiger partial charge in [-0.25, -0.2) is 9.37 Å². The lowest BCUT2D eigenvalue weighted by Gasteiger charge is -2.17. The molecule has 0 radical (unpaired) electrons. The monoisotopic (exact) mass is 381 g/mol. The van der Waals surface area contributed by atoms with Crippen molar-refractivity contribution >= 4 is 11.7 Å². The van der Waals surface area contributed by atoms with Crippen LogP contribution in [0, 0.1) is 5.82 Å². The van der Waals surface area contributed by atoms with Gasteiger partial charge in [0.15, 0.2) is 0 Å². The van der Waals surface area contributed by atoms with Gasteiger partial charge in [-0.1, -0.05) is 0 Å². The lowest BCUT2D eigenvalue weighted by Crippen LogP contribution is -2.28. The van der Waals surface area contributed by atoms with E-state index >= 15 is 0 Å². The maximum Gasteiger partial charge on any atom is 0.255 e. The van der Waals surface area contributed by atoms with Crippen LogP contribution < -0.4 is 4.90 Å². The number of benzene rings is 1. The summed E-state index contributed by atoms with van der Waals surface area (Å²) < 4.78 is 13.0. The molecular weight excluding hydrogens is 357 g/mol. The zero-order valence-corrected chi connectivity index (χ0v) is 16.3. The highest BCUT2D eigenvalue weighted by Gasteiger charge is 2.12. The molecule has 6 nitrogen and oxygen atoms in total. The van der Waals surface area contributed by atoms with Crippen LogP contribution in [0.5, 0.6) is 0 Å². The summed E-state index contributed by atoms with van der Waals surface area (Å²) in [5, 5.41) is 7.29. The van der Waals surface area contributed by atoms with Gasteiger partial charge >= 0.3 is 0 Å². The van der Waals surface area contributed by atoms with Crippen molar-refractivity contribution in [2.75, 3.05) is 32.6 Å². The maximum absolute atomic E-state index is 13.0. The summed E-state index contributed by atoms with van der Waals surface area (Å²) in [4.78, 5) is 20.4. The molecular formula is C21H24FN5O. The smallest absolute Gasteiger partial charge is 0.255 e. The van der Waals surface area contributed by atoms with Crippen LogP contribution in [0.3, 0.4) is 0 Å². The third kappa shape index (κ3) is 4.73. The number of aromatic nitrogens is 3. The Bertz CT molecular complexity index is 919. The molecule has 7 heteroatoms. The number of hydrogen-bond acceptors (Lipinski definition) is 4. The Kier molecular flexibility index (Phi) is 6.03. The van der Waals surface area contributed by atoms with Crippen LogP contribution in [0.1, 0.15) is 22.5 Å². The number of carbonyl (C=O) groups is 1. The largest absolute Gasteiger partial charge is 0.363 e. The summed E-state index contributed by atoms with van der Waals surface area (Å²) in [7, 11) is 5.61. The topological polar surface area (TPSA) is 65.1 Å². The first kappa shape index (κ1) is 19.5. The Balaban J connectivity index is 1.51. The van der Waals surface area contributed by atoms with Crippen molar-refractivity contribution in [1.29, 1.82) is 0 Å². The highest BCUT2D eigenvalue weighted by molar-refractivity contribution is 5.93. The van der Waals surface area contributed by atoms with E-state index in [0.717, 1.165) is 35.6 Å². The van der Waals surface area contributed by atoms with Gasteiger partial charge in [0.1, 0.15) is 11.6 Å². The minimum Gasteiger partial charge on any atom is -0.363 e. The van der Waals surface area contributed by atoms with E-state index in [1.807, 2.05) is 31.1 Å². The number of pyridine rings is 1. The predicted octanol–water partition coefficient (Wildman–Crippen LogP) is 3.38. The molecule has 2 heterocycles. The van der Waals surface area contributed by atoms with E-state index in [-0.39, 0.29) is 11.7 Å². The van der Waals surface area contributed by atoms with Crippen LogP contribution in [0.15, 0.2) is 48.7 Å². The van der Waals surface area contributed by atoms with E-state index in [1.54, 1.807) is 36.3 Å². The van der Waals surface area contributed by atoms with Gasteiger partial charge in [0.25, 0.3) is 5.91 Å². The Hall–Kier alpha value is -3.22.